The lowest BCUT2D eigenvalue weighted by molar-refractivity contribution is 0.621. The van der Waals surface area contributed by atoms with Gasteiger partial charge in [0.1, 0.15) is 11.9 Å². The molecule has 1 aromatic heterocycles. The predicted octanol–water partition coefficient (Wildman–Crippen LogP) is 2.83. The Morgan fingerprint density at radius 2 is 2.21 bits per heavy atom. The summed E-state index contributed by atoms with van der Waals surface area (Å²) in [5.41, 5.74) is 2.79. The number of anilines is 1. The molecule has 0 saturated heterocycles. The van der Waals surface area contributed by atoms with Crippen molar-refractivity contribution < 1.29 is 4.39 Å². The van der Waals surface area contributed by atoms with E-state index in [1.54, 1.807) is 6.07 Å². The highest BCUT2D eigenvalue weighted by molar-refractivity contribution is 5.49. The predicted molar refractivity (Wildman–Crippen MR) is 71.1 cm³/mol. The molecular weight excluding hydrogens is 243 g/mol. The van der Waals surface area contributed by atoms with Crippen LogP contribution in [0, 0.1) is 24.1 Å². The quantitative estimate of drug-likeness (QED) is 0.917. The number of nitrogens with one attached hydrogen (secondary N) is 1. The average Bonchev–Trinajstić information content (AvgIpc) is 2.78. The van der Waals surface area contributed by atoms with E-state index >= 15 is 0 Å². The van der Waals surface area contributed by atoms with Crippen LogP contribution >= 0.6 is 0 Å². The molecule has 98 valence electrons. The van der Waals surface area contributed by atoms with E-state index in [1.807, 2.05) is 30.7 Å². The molecule has 5 heteroatoms. The van der Waals surface area contributed by atoms with E-state index in [0.29, 0.717) is 6.54 Å². The number of halogens is 1. The fourth-order valence-corrected chi connectivity index (χ4v) is 1.93. The monoisotopic (exact) mass is 258 g/mol. The van der Waals surface area contributed by atoms with Crippen molar-refractivity contribution in [2.45, 2.75) is 26.9 Å². The van der Waals surface area contributed by atoms with Crippen molar-refractivity contribution in [1.82, 2.24) is 9.78 Å². The molecule has 0 atom stereocenters. The normalized spacial score (nSPS) is 10.2. The maximum Gasteiger partial charge on any atom is 0.141 e. The van der Waals surface area contributed by atoms with Crippen LogP contribution in [0.1, 0.15) is 23.9 Å². The lowest BCUT2D eigenvalue weighted by atomic mass is 10.2. The Hall–Kier alpha value is -2.35. The maximum atomic E-state index is 13.2. The third-order valence-corrected chi connectivity index (χ3v) is 2.85. The zero-order valence-electron chi connectivity index (χ0n) is 10.9. The Morgan fingerprint density at radius 3 is 2.89 bits per heavy atom. The molecule has 0 fully saturated rings. The topological polar surface area (TPSA) is 53.6 Å². The summed E-state index contributed by atoms with van der Waals surface area (Å²) in [5.74, 6) is -0.498. The minimum absolute atomic E-state index is 0.0465. The molecule has 1 aromatic carbocycles. The number of hydrogen-bond acceptors (Lipinski definition) is 3. The molecular formula is C14H15FN4. The summed E-state index contributed by atoms with van der Waals surface area (Å²) in [7, 11) is 0. The smallest absolute Gasteiger partial charge is 0.141 e. The van der Waals surface area contributed by atoms with Crippen LogP contribution in [0.3, 0.4) is 0 Å². The summed E-state index contributed by atoms with van der Waals surface area (Å²) < 4.78 is 15.1. The van der Waals surface area contributed by atoms with Crippen molar-refractivity contribution >= 4 is 5.69 Å². The summed E-state index contributed by atoms with van der Waals surface area (Å²) in [6.45, 7) is 5.37. The van der Waals surface area contributed by atoms with E-state index in [9.17, 15) is 4.39 Å². The second-order valence-corrected chi connectivity index (χ2v) is 4.25. The summed E-state index contributed by atoms with van der Waals surface area (Å²) in [4.78, 5) is 0. The molecule has 2 rings (SSSR count). The van der Waals surface area contributed by atoms with Gasteiger partial charge in [0.2, 0.25) is 0 Å². The Kier molecular flexibility index (Phi) is 3.81. The Bertz CT molecular complexity index is 625. The third-order valence-electron chi connectivity index (χ3n) is 2.85. The number of rotatable bonds is 4. The van der Waals surface area contributed by atoms with E-state index in [1.165, 1.54) is 12.1 Å². The van der Waals surface area contributed by atoms with Crippen LogP contribution < -0.4 is 5.32 Å². The molecule has 0 radical (unpaired) electrons. The Balaban J connectivity index is 2.12. The van der Waals surface area contributed by atoms with Crippen molar-refractivity contribution in [2.75, 3.05) is 5.32 Å². The second-order valence-electron chi connectivity index (χ2n) is 4.25. The Labute approximate surface area is 111 Å². The third kappa shape index (κ3) is 2.91. The number of benzene rings is 1. The summed E-state index contributed by atoms with van der Waals surface area (Å²) >= 11 is 0. The van der Waals surface area contributed by atoms with Crippen LogP contribution in [0.25, 0.3) is 0 Å². The van der Waals surface area contributed by atoms with Gasteiger partial charge in [-0.3, -0.25) is 4.68 Å². The molecule has 0 aliphatic carbocycles. The van der Waals surface area contributed by atoms with E-state index in [4.69, 9.17) is 5.26 Å². The first-order chi connectivity index (χ1) is 9.13. The molecule has 19 heavy (non-hydrogen) atoms. The number of hydrogen-bond donors (Lipinski definition) is 1. The van der Waals surface area contributed by atoms with E-state index < -0.39 is 5.82 Å². The highest BCUT2D eigenvalue weighted by Gasteiger charge is 2.05. The SMILES string of the molecule is CCn1nc(C)cc1CNc1ccc(F)c(C#N)c1. The lowest BCUT2D eigenvalue weighted by Crippen LogP contribution is -2.08. The standard InChI is InChI=1S/C14H15FN4/c1-3-19-13(6-10(2)18-19)9-17-12-4-5-14(15)11(7-12)8-16/h4-7,17H,3,9H2,1-2H3. The molecule has 0 spiro atoms. The van der Waals surface area contributed by atoms with Gasteiger partial charge in [0.05, 0.1) is 23.5 Å². The van der Waals surface area contributed by atoms with E-state index in [2.05, 4.69) is 10.4 Å². The first-order valence-corrected chi connectivity index (χ1v) is 6.11. The number of nitrogens with zero attached hydrogens (tertiary/aromatic N) is 3. The molecule has 4 nitrogen and oxygen atoms in total. The molecule has 0 aliphatic heterocycles. The second kappa shape index (κ2) is 5.53. The van der Waals surface area contributed by atoms with Gasteiger partial charge in [0, 0.05) is 12.2 Å². The van der Waals surface area contributed by atoms with Crippen LogP contribution in [0.4, 0.5) is 10.1 Å². The van der Waals surface area contributed by atoms with Crippen molar-refractivity contribution in [1.29, 1.82) is 5.26 Å². The van der Waals surface area contributed by atoms with Gasteiger partial charge in [-0.15, -0.1) is 0 Å². The molecule has 0 unspecified atom stereocenters. The largest absolute Gasteiger partial charge is 0.379 e. The minimum Gasteiger partial charge on any atom is -0.379 e. The minimum atomic E-state index is -0.498. The molecule has 0 aliphatic rings. The number of nitriles is 1. The summed E-state index contributed by atoms with van der Waals surface area (Å²) in [6, 6.07) is 8.26. The summed E-state index contributed by atoms with van der Waals surface area (Å²) in [6.07, 6.45) is 0. The van der Waals surface area contributed by atoms with Crippen LogP contribution in [-0.4, -0.2) is 9.78 Å². The maximum absolute atomic E-state index is 13.2. The molecule has 1 heterocycles. The lowest BCUT2D eigenvalue weighted by Gasteiger charge is -2.08. The van der Waals surface area contributed by atoms with E-state index in [-0.39, 0.29) is 5.56 Å². The molecule has 0 saturated carbocycles. The van der Waals surface area contributed by atoms with Gasteiger partial charge in [-0.1, -0.05) is 0 Å². The van der Waals surface area contributed by atoms with Crippen molar-refractivity contribution in [2.24, 2.45) is 0 Å². The zero-order chi connectivity index (χ0) is 13.8. The molecule has 0 amide bonds. The zero-order valence-corrected chi connectivity index (χ0v) is 10.9. The van der Waals surface area contributed by atoms with Gasteiger partial charge in [0.25, 0.3) is 0 Å². The highest BCUT2D eigenvalue weighted by atomic mass is 19.1. The fourth-order valence-electron chi connectivity index (χ4n) is 1.93. The average molecular weight is 258 g/mol. The van der Waals surface area contributed by atoms with Crippen molar-refractivity contribution in [3.8, 4) is 6.07 Å². The highest BCUT2D eigenvalue weighted by Crippen LogP contribution is 2.15. The Morgan fingerprint density at radius 1 is 1.42 bits per heavy atom. The van der Waals surface area contributed by atoms with Gasteiger partial charge in [-0.25, -0.2) is 4.39 Å². The van der Waals surface area contributed by atoms with Crippen LogP contribution in [-0.2, 0) is 13.1 Å². The first-order valence-electron chi connectivity index (χ1n) is 6.11. The van der Waals surface area contributed by atoms with Crippen LogP contribution in [0.5, 0.6) is 0 Å². The molecule has 1 N–H and O–H groups in total. The summed E-state index contributed by atoms with van der Waals surface area (Å²) in [5, 5.41) is 16.3. The van der Waals surface area contributed by atoms with E-state index in [0.717, 1.165) is 23.6 Å². The van der Waals surface area contributed by atoms with Gasteiger partial charge >= 0.3 is 0 Å². The van der Waals surface area contributed by atoms with Crippen molar-refractivity contribution in [3.05, 3.63) is 47.0 Å². The molecule has 0 bridgehead atoms. The van der Waals surface area contributed by atoms with Gasteiger partial charge in [-0.05, 0) is 38.1 Å². The van der Waals surface area contributed by atoms with Gasteiger partial charge in [-0.2, -0.15) is 10.4 Å². The van der Waals surface area contributed by atoms with Gasteiger partial charge < -0.3 is 5.32 Å². The van der Waals surface area contributed by atoms with Crippen LogP contribution in [0.15, 0.2) is 24.3 Å². The van der Waals surface area contributed by atoms with Gasteiger partial charge in [0.15, 0.2) is 0 Å². The van der Waals surface area contributed by atoms with Crippen molar-refractivity contribution in [3.63, 3.8) is 0 Å². The number of aryl methyl sites for hydroxylation is 2. The van der Waals surface area contributed by atoms with Crippen LogP contribution in [0.2, 0.25) is 0 Å². The fraction of sp³-hybridized carbons (Fsp3) is 0.286. The first kappa shape index (κ1) is 13.1. The molecule has 2 aromatic rings. The number of aromatic nitrogens is 2.